The summed E-state index contributed by atoms with van der Waals surface area (Å²) < 4.78 is 0. The van der Waals surface area contributed by atoms with Gasteiger partial charge in [-0.25, -0.2) is 4.79 Å². The Labute approximate surface area is 150 Å². The van der Waals surface area contributed by atoms with Crippen LogP contribution in [0.5, 0.6) is 0 Å². The second-order valence-corrected chi connectivity index (χ2v) is 6.53. The van der Waals surface area contributed by atoms with Gasteiger partial charge in [0, 0.05) is 18.3 Å². The summed E-state index contributed by atoms with van der Waals surface area (Å²) in [6.07, 6.45) is 0.609. The molecule has 0 spiro atoms. The molecule has 6 heteroatoms. The maximum atomic E-state index is 12.6. The summed E-state index contributed by atoms with van der Waals surface area (Å²) in [5, 5.41) is 0.588. The Bertz CT molecular complexity index is 845. The van der Waals surface area contributed by atoms with Crippen molar-refractivity contribution < 1.29 is 19.2 Å². The molecule has 0 bridgehead atoms. The second-order valence-electron chi connectivity index (χ2n) is 6.53. The smallest absolute Gasteiger partial charge is 0.338 e. The number of hydroxylamine groups is 2. The largest absolute Gasteiger partial charge is 0.368 e. The molecule has 0 aliphatic carbocycles. The van der Waals surface area contributed by atoms with Crippen LogP contribution in [0, 0.1) is 5.92 Å². The quantitative estimate of drug-likeness (QED) is 0.796. The van der Waals surface area contributed by atoms with E-state index < -0.39 is 23.7 Å². The minimum absolute atomic E-state index is 0.0833. The van der Waals surface area contributed by atoms with Gasteiger partial charge in [0.1, 0.15) is 0 Å². The molecule has 2 unspecified atom stereocenters. The van der Waals surface area contributed by atoms with Gasteiger partial charge < -0.3 is 9.74 Å². The molecule has 4 rings (SSSR count). The van der Waals surface area contributed by atoms with E-state index in [-0.39, 0.29) is 17.2 Å². The number of carbonyl (C=O) groups is 3. The number of amides is 2. The van der Waals surface area contributed by atoms with Crippen LogP contribution in [0.15, 0.2) is 54.6 Å². The van der Waals surface area contributed by atoms with Crippen LogP contribution in [-0.4, -0.2) is 35.4 Å². The average molecular weight is 350 g/mol. The minimum atomic E-state index is -0.593. The molecule has 2 aromatic carbocycles. The van der Waals surface area contributed by atoms with Gasteiger partial charge >= 0.3 is 5.97 Å². The zero-order valence-corrected chi connectivity index (χ0v) is 14.3. The number of hydrogen-bond donors (Lipinski definition) is 0. The Kier molecular flexibility index (Phi) is 3.95. The lowest BCUT2D eigenvalue weighted by Gasteiger charge is -2.26. The molecule has 2 aliphatic rings. The monoisotopic (exact) mass is 350 g/mol. The fraction of sp³-hybridized carbons (Fsp3) is 0.250. The Morgan fingerprint density at radius 2 is 1.54 bits per heavy atom. The molecule has 1 fully saturated rings. The minimum Gasteiger partial charge on any atom is -0.368 e. The molecule has 2 amide bonds. The number of benzene rings is 2. The number of carbonyl (C=O) groups excluding carboxylic acids is 3. The normalized spacial score (nSPS) is 21.9. The molecule has 26 heavy (non-hydrogen) atoms. The summed E-state index contributed by atoms with van der Waals surface area (Å²) in [7, 11) is 0. The molecule has 0 N–H and O–H groups in total. The third-order valence-corrected chi connectivity index (χ3v) is 5.08. The van der Waals surface area contributed by atoms with E-state index in [0.717, 1.165) is 5.69 Å². The van der Waals surface area contributed by atoms with Crippen molar-refractivity contribution in [3.63, 3.8) is 0 Å². The molecule has 2 aromatic rings. The molecular weight excluding hydrogens is 332 g/mol. The number of para-hydroxylation sites is 1. The molecule has 2 atom stereocenters. The number of rotatable bonds is 3. The summed E-state index contributed by atoms with van der Waals surface area (Å²) in [4.78, 5) is 44.7. The van der Waals surface area contributed by atoms with Gasteiger partial charge in [0.2, 0.25) is 0 Å². The van der Waals surface area contributed by atoms with E-state index >= 15 is 0 Å². The number of fused-ring (bicyclic) bond motifs is 1. The SMILES string of the molecule is CC1C(C(=O)ON2C(=O)c3ccccc3C2=O)CCN1c1ccccc1. The van der Waals surface area contributed by atoms with Crippen molar-refractivity contribution in [3.05, 3.63) is 65.7 Å². The van der Waals surface area contributed by atoms with E-state index in [1.165, 1.54) is 0 Å². The van der Waals surface area contributed by atoms with Gasteiger partial charge in [-0.05, 0) is 37.6 Å². The van der Waals surface area contributed by atoms with E-state index in [1.807, 2.05) is 37.3 Å². The van der Waals surface area contributed by atoms with Crippen LogP contribution in [0.1, 0.15) is 34.1 Å². The van der Waals surface area contributed by atoms with Crippen LogP contribution in [0.2, 0.25) is 0 Å². The fourth-order valence-electron chi connectivity index (χ4n) is 3.65. The van der Waals surface area contributed by atoms with Crippen LogP contribution >= 0.6 is 0 Å². The van der Waals surface area contributed by atoms with Crippen LogP contribution in [0.3, 0.4) is 0 Å². The van der Waals surface area contributed by atoms with Gasteiger partial charge in [0.25, 0.3) is 11.8 Å². The summed E-state index contributed by atoms with van der Waals surface area (Å²) in [5.41, 5.74) is 1.56. The first-order chi connectivity index (χ1) is 12.6. The summed E-state index contributed by atoms with van der Waals surface area (Å²) in [5.74, 6) is -2.14. The lowest BCUT2D eigenvalue weighted by atomic mass is 10.0. The lowest BCUT2D eigenvalue weighted by Crippen LogP contribution is -2.39. The van der Waals surface area contributed by atoms with Crippen molar-refractivity contribution in [2.24, 2.45) is 5.92 Å². The van der Waals surface area contributed by atoms with Crippen LogP contribution in [-0.2, 0) is 9.63 Å². The first-order valence-electron chi connectivity index (χ1n) is 8.59. The Balaban J connectivity index is 1.48. The first kappa shape index (κ1) is 16.3. The van der Waals surface area contributed by atoms with Gasteiger partial charge in [-0.2, -0.15) is 0 Å². The van der Waals surface area contributed by atoms with Crippen LogP contribution in [0.4, 0.5) is 5.69 Å². The highest BCUT2D eigenvalue weighted by Crippen LogP contribution is 2.31. The molecule has 6 nitrogen and oxygen atoms in total. The van der Waals surface area contributed by atoms with Gasteiger partial charge in [-0.3, -0.25) is 9.59 Å². The van der Waals surface area contributed by atoms with E-state index in [2.05, 4.69) is 4.90 Å². The van der Waals surface area contributed by atoms with Crippen molar-refractivity contribution in [3.8, 4) is 0 Å². The van der Waals surface area contributed by atoms with Crippen molar-refractivity contribution in [1.29, 1.82) is 0 Å². The van der Waals surface area contributed by atoms with E-state index in [1.54, 1.807) is 24.3 Å². The molecule has 2 aliphatic heterocycles. The van der Waals surface area contributed by atoms with Crippen LogP contribution < -0.4 is 4.90 Å². The molecule has 132 valence electrons. The zero-order chi connectivity index (χ0) is 18.3. The predicted octanol–water partition coefficient (Wildman–Crippen LogP) is 2.66. The van der Waals surface area contributed by atoms with E-state index in [0.29, 0.717) is 18.0 Å². The highest BCUT2D eigenvalue weighted by molar-refractivity contribution is 6.20. The topological polar surface area (TPSA) is 66.9 Å². The summed E-state index contributed by atoms with van der Waals surface area (Å²) in [6, 6.07) is 16.2. The molecule has 0 aromatic heterocycles. The number of nitrogens with zero attached hydrogens (tertiary/aromatic N) is 2. The highest BCUT2D eigenvalue weighted by Gasteiger charge is 2.43. The molecule has 0 saturated carbocycles. The Morgan fingerprint density at radius 3 is 2.15 bits per heavy atom. The summed E-state index contributed by atoms with van der Waals surface area (Å²) >= 11 is 0. The third-order valence-electron chi connectivity index (χ3n) is 5.08. The Morgan fingerprint density at radius 1 is 0.962 bits per heavy atom. The molecule has 1 saturated heterocycles. The average Bonchev–Trinajstić information content (AvgIpc) is 3.16. The van der Waals surface area contributed by atoms with Gasteiger partial charge in [-0.1, -0.05) is 35.4 Å². The Hall–Kier alpha value is -3.15. The maximum Gasteiger partial charge on any atom is 0.338 e. The number of imide groups is 1. The first-order valence-corrected chi connectivity index (χ1v) is 8.59. The number of anilines is 1. The van der Waals surface area contributed by atoms with Gasteiger partial charge in [0.15, 0.2) is 0 Å². The third kappa shape index (κ3) is 2.54. The standard InChI is InChI=1S/C20H18N2O4/c1-13-15(11-12-21(13)14-7-3-2-4-8-14)20(25)26-22-18(23)16-9-5-6-10-17(16)19(22)24/h2-10,13,15H,11-12H2,1H3. The van der Waals surface area contributed by atoms with Gasteiger partial charge in [-0.15, -0.1) is 0 Å². The molecular formula is C20H18N2O4. The predicted molar refractivity (Wildman–Crippen MR) is 94.4 cm³/mol. The fourth-order valence-corrected chi connectivity index (χ4v) is 3.65. The molecule has 2 heterocycles. The van der Waals surface area contributed by atoms with Crippen molar-refractivity contribution in [1.82, 2.24) is 5.06 Å². The second kappa shape index (κ2) is 6.29. The maximum absolute atomic E-state index is 12.6. The lowest BCUT2D eigenvalue weighted by molar-refractivity contribution is -0.173. The van der Waals surface area contributed by atoms with Gasteiger partial charge in [0.05, 0.1) is 17.0 Å². The highest BCUT2D eigenvalue weighted by atomic mass is 16.7. The van der Waals surface area contributed by atoms with Crippen LogP contribution in [0.25, 0.3) is 0 Å². The van der Waals surface area contributed by atoms with Crippen molar-refractivity contribution in [2.45, 2.75) is 19.4 Å². The zero-order valence-electron chi connectivity index (χ0n) is 14.3. The van der Waals surface area contributed by atoms with E-state index in [4.69, 9.17) is 4.84 Å². The molecule has 0 radical (unpaired) electrons. The van der Waals surface area contributed by atoms with Crippen molar-refractivity contribution in [2.75, 3.05) is 11.4 Å². The summed E-state index contributed by atoms with van der Waals surface area (Å²) in [6.45, 7) is 2.67. The van der Waals surface area contributed by atoms with Crippen molar-refractivity contribution >= 4 is 23.5 Å². The number of hydrogen-bond acceptors (Lipinski definition) is 5. The van der Waals surface area contributed by atoms with E-state index in [9.17, 15) is 14.4 Å².